The minimum Gasteiger partial charge on any atom is -0.481 e. The Labute approximate surface area is 96.9 Å². The Bertz CT molecular complexity index is 316. The quantitative estimate of drug-likeness (QED) is 0.779. The van der Waals surface area contributed by atoms with E-state index in [4.69, 9.17) is 9.84 Å². The van der Waals surface area contributed by atoms with E-state index in [2.05, 4.69) is 0 Å². The van der Waals surface area contributed by atoms with Gasteiger partial charge in [-0.3, -0.25) is 4.79 Å². The number of fused-ring (bicyclic) bond motifs is 1. The maximum absolute atomic E-state index is 12.7. The Morgan fingerprint density at radius 3 is 2.47 bits per heavy atom. The number of ether oxygens (including phenoxy) is 1. The fourth-order valence-electron chi connectivity index (χ4n) is 3.05. The van der Waals surface area contributed by atoms with Crippen LogP contribution in [0.15, 0.2) is 0 Å². The molecule has 6 heteroatoms. The standard InChI is InChI=1S/C11H15F3O3/c1-5-2-7-8(10(15)16)3-6(11(12,13)14)4-9(7)17-5/h5-9H,2-4H2,1H3,(H,15,16)/t5-,6-,7-,8-,9+/m0/s1. The molecular formula is C11H15F3O3. The number of aliphatic carboxylic acids is 1. The number of rotatable bonds is 1. The number of alkyl halides is 3. The molecule has 3 nitrogen and oxygen atoms in total. The van der Waals surface area contributed by atoms with E-state index >= 15 is 0 Å². The van der Waals surface area contributed by atoms with Gasteiger partial charge in [0.05, 0.1) is 24.0 Å². The highest BCUT2D eigenvalue weighted by atomic mass is 19.4. The van der Waals surface area contributed by atoms with Crippen molar-refractivity contribution in [3.8, 4) is 0 Å². The van der Waals surface area contributed by atoms with Gasteiger partial charge in [-0.1, -0.05) is 0 Å². The van der Waals surface area contributed by atoms with Crippen LogP contribution in [0, 0.1) is 17.8 Å². The van der Waals surface area contributed by atoms with Gasteiger partial charge in [0.15, 0.2) is 0 Å². The third-order valence-electron chi connectivity index (χ3n) is 3.84. The minimum absolute atomic E-state index is 0.0950. The Balaban J connectivity index is 2.18. The molecule has 0 spiro atoms. The molecule has 1 aliphatic carbocycles. The molecule has 0 aromatic rings. The maximum Gasteiger partial charge on any atom is 0.391 e. The molecule has 2 aliphatic rings. The van der Waals surface area contributed by atoms with Crippen LogP contribution < -0.4 is 0 Å². The molecular weight excluding hydrogens is 237 g/mol. The van der Waals surface area contributed by atoms with Crippen LogP contribution in [-0.4, -0.2) is 29.5 Å². The van der Waals surface area contributed by atoms with Crippen LogP contribution in [0.3, 0.4) is 0 Å². The lowest BCUT2D eigenvalue weighted by Crippen LogP contribution is -2.42. The average molecular weight is 252 g/mol. The Morgan fingerprint density at radius 1 is 1.29 bits per heavy atom. The van der Waals surface area contributed by atoms with E-state index in [1.54, 1.807) is 6.92 Å². The second-order valence-electron chi connectivity index (χ2n) is 5.04. The summed E-state index contributed by atoms with van der Waals surface area (Å²) >= 11 is 0. The van der Waals surface area contributed by atoms with Crippen LogP contribution in [0.4, 0.5) is 13.2 Å². The van der Waals surface area contributed by atoms with Crippen LogP contribution in [0.2, 0.25) is 0 Å². The molecule has 17 heavy (non-hydrogen) atoms. The van der Waals surface area contributed by atoms with E-state index in [0.29, 0.717) is 6.42 Å². The SMILES string of the molecule is C[C@H]1C[C@H]2[C@@H](C(=O)O)C[C@H](C(F)(F)F)C[C@H]2O1. The van der Waals surface area contributed by atoms with Gasteiger partial charge in [0.2, 0.25) is 0 Å². The van der Waals surface area contributed by atoms with Crippen molar-refractivity contribution in [2.24, 2.45) is 17.8 Å². The van der Waals surface area contributed by atoms with Crippen molar-refractivity contribution in [1.29, 1.82) is 0 Å². The van der Waals surface area contributed by atoms with Gasteiger partial charge in [-0.15, -0.1) is 0 Å². The first-order chi connectivity index (χ1) is 7.79. The summed E-state index contributed by atoms with van der Waals surface area (Å²) in [7, 11) is 0. The summed E-state index contributed by atoms with van der Waals surface area (Å²) in [6.07, 6.45) is -4.87. The first kappa shape index (κ1) is 12.7. The van der Waals surface area contributed by atoms with Crippen LogP contribution in [0.1, 0.15) is 26.2 Å². The van der Waals surface area contributed by atoms with E-state index in [0.717, 1.165) is 0 Å². The summed E-state index contributed by atoms with van der Waals surface area (Å²) in [4.78, 5) is 11.1. The number of hydrogen-bond acceptors (Lipinski definition) is 2. The fraction of sp³-hybridized carbons (Fsp3) is 0.909. The second kappa shape index (κ2) is 4.15. The molecule has 0 radical (unpaired) electrons. The summed E-state index contributed by atoms with van der Waals surface area (Å²) in [5.74, 6) is -3.87. The molecule has 1 aliphatic heterocycles. The van der Waals surface area contributed by atoms with Gasteiger partial charge in [0.1, 0.15) is 0 Å². The van der Waals surface area contributed by atoms with Gasteiger partial charge in [-0.2, -0.15) is 13.2 Å². The molecule has 0 bridgehead atoms. The first-order valence-corrected chi connectivity index (χ1v) is 5.74. The van der Waals surface area contributed by atoms with Gasteiger partial charge >= 0.3 is 12.1 Å². The van der Waals surface area contributed by atoms with E-state index in [1.807, 2.05) is 0 Å². The summed E-state index contributed by atoms with van der Waals surface area (Å²) in [6.45, 7) is 1.78. The monoisotopic (exact) mass is 252 g/mol. The zero-order chi connectivity index (χ0) is 12.8. The molecule has 0 aromatic heterocycles. The number of halogens is 3. The van der Waals surface area contributed by atoms with Gasteiger partial charge in [0.25, 0.3) is 0 Å². The molecule has 1 N–H and O–H groups in total. The number of carbonyl (C=O) groups is 1. The van der Waals surface area contributed by atoms with Crippen molar-refractivity contribution in [2.75, 3.05) is 0 Å². The van der Waals surface area contributed by atoms with Crippen LogP contribution in [0.25, 0.3) is 0 Å². The molecule has 0 unspecified atom stereocenters. The summed E-state index contributed by atoms with van der Waals surface area (Å²) < 4.78 is 43.5. The van der Waals surface area contributed by atoms with Crippen LogP contribution in [0.5, 0.6) is 0 Å². The van der Waals surface area contributed by atoms with Crippen molar-refractivity contribution < 1.29 is 27.8 Å². The molecule has 1 heterocycles. The van der Waals surface area contributed by atoms with Crippen molar-refractivity contribution in [1.82, 2.24) is 0 Å². The molecule has 1 saturated heterocycles. The van der Waals surface area contributed by atoms with E-state index < -0.39 is 30.1 Å². The largest absolute Gasteiger partial charge is 0.481 e. The molecule has 2 fully saturated rings. The summed E-state index contributed by atoms with van der Waals surface area (Å²) in [5, 5.41) is 9.03. The van der Waals surface area contributed by atoms with Crippen molar-refractivity contribution in [3.63, 3.8) is 0 Å². The highest BCUT2D eigenvalue weighted by molar-refractivity contribution is 5.70. The second-order valence-corrected chi connectivity index (χ2v) is 5.04. The molecule has 1 saturated carbocycles. The van der Waals surface area contributed by atoms with Gasteiger partial charge in [0, 0.05) is 5.92 Å². The highest BCUT2D eigenvalue weighted by Gasteiger charge is 2.53. The fourth-order valence-corrected chi connectivity index (χ4v) is 3.05. The Morgan fingerprint density at radius 2 is 1.94 bits per heavy atom. The average Bonchev–Trinajstić information content (AvgIpc) is 2.54. The molecule has 2 rings (SSSR count). The Hall–Kier alpha value is -0.780. The molecule has 98 valence electrons. The summed E-state index contributed by atoms with van der Waals surface area (Å²) in [5.41, 5.74) is 0. The zero-order valence-electron chi connectivity index (χ0n) is 9.41. The van der Waals surface area contributed by atoms with E-state index in [-0.39, 0.29) is 24.9 Å². The number of carboxylic acids is 1. The topological polar surface area (TPSA) is 46.5 Å². The maximum atomic E-state index is 12.7. The van der Waals surface area contributed by atoms with Crippen LogP contribution >= 0.6 is 0 Å². The first-order valence-electron chi connectivity index (χ1n) is 5.74. The third-order valence-corrected chi connectivity index (χ3v) is 3.84. The predicted molar refractivity (Wildman–Crippen MR) is 52.3 cm³/mol. The van der Waals surface area contributed by atoms with Crippen molar-refractivity contribution in [3.05, 3.63) is 0 Å². The predicted octanol–water partition coefficient (Wildman–Crippen LogP) is 2.45. The smallest absolute Gasteiger partial charge is 0.391 e. The normalized spacial score (nSPS) is 42.2. The van der Waals surface area contributed by atoms with Gasteiger partial charge in [-0.25, -0.2) is 0 Å². The summed E-state index contributed by atoms with van der Waals surface area (Å²) in [6, 6.07) is 0. The lowest BCUT2D eigenvalue weighted by atomic mass is 9.71. The van der Waals surface area contributed by atoms with Gasteiger partial charge in [-0.05, 0) is 26.2 Å². The molecule has 5 atom stereocenters. The van der Waals surface area contributed by atoms with Crippen molar-refractivity contribution >= 4 is 5.97 Å². The minimum atomic E-state index is -4.33. The van der Waals surface area contributed by atoms with Gasteiger partial charge < -0.3 is 9.84 Å². The number of hydrogen-bond donors (Lipinski definition) is 1. The zero-order valence-corrected chi connectivity index (χ0v) is 9.41. The lowest BCUT2D eigenvalue weighted by Gasteiger charge is -2.36. The third kappa shape index (κ3) is 2.41. The highest BCUT2D eigenvalue weighted by Crippen LogP contribution is 2.48. The van der Waals surface area contributed by atoms with Crippen LogP contribution in [-0.2, 0) is 9.53 Å². The van der Waals surface area contributed by atoms with E-state index in [9.17, 15) is 18.0 Å². The lowest BCUT2D eigenvalue weighted by molar-refractivity contribution is -0.201. The Kier molecular flexibility index (Phi) is 3.10. The van der Waals surface area contributed by atoms with Crippen molar-refractivity contribution in [2.45, 2.75) is 44.6 Å². The number of carboxylic acid groups (broad SMARTS) is 1. The molecule has 0 aromatic carbocycles. The van der Waals surface area contributed by atoms with E-state index in [1.165, 1.54) is 0 Å². The molecule has 0 amide bonds.